The van der Waals surface area contributed by atoms with Gasteiger partial charge in [0, 0.05) is 67.9 Å². The van der Waals surface area contributed by atoms with Crippen LogP contribution in [0.1, 0.15) is 23.9 Å². The van der Waals surface area contributed by atoms with Gasteiger partial charge in [-0.25, -0.2) is 9.78 Å². The maximum Gasteiger partial charge on any atom is 0.319 e. The first-order valence-electron chi connectivity index (χ1n) is 11.3. The van der Waals surface area contributed by atoms with Crippen LogP contribution < -0.4 is 15.5 Å². The molecular weight excluding hydrogens is 456 g/mol. The number of carbonyl (C=O) groups excluding carboxylic acids is 1. The molecule has 7 nitrogen and oxygen atoms in total. The predicted molar refractivity (Wildman–Crippen MR) is 136 cm³/mol. The van der Waals surface area contributed by atoms with Crippen LogP contribution in [0.2, 0.25) is 5.02 Å². The number of nitrogens with one attached hydrogen (secondary N) is 2. The number of halogens is 1. The number of rotatable bonds is 8. The largest absolute Gasteiger partial charge is 0.344 e. The molecule has 0 radical (unpaired) electrons. The molecule has 0 unspecified atom stereocenters. The average Bonchev–Trinajstić information content (AvgIpc) is 3.29. The number of hydrogen-bond acceptors (Lipinski definition) is 6. The maximum absolute atomic E-state index is 12.2. The van der Waals surface area contributed by atoms with Crippen molar-refractivity contribution in [2.75, 3.05) is 49.5 Å². The molecule has 1 aromatic heterocycles. The van der Waals surface area contributed by atoms with Crippen molar-refractivity contribution in [3.05, 3.63) is 70.5 Å². The van der Waals surface area contributed by atoms with Crippen LogP contribution in [0.5, 0.6) is 0 Å². The highest BCUT2D eigenvalue weighted by atomic mass is 35.5. The van der Waals surface area contributed by atoms with Crippen LogP contribution in [0, 0.1) is 0 Å². The highest BCUT2D eigenvalue weighted by Gasteiger charge is 2.20. The van der Waals surface area contributed by atoms with Crippen molar-refractivity contribution < 1.29 is 4.79 Å². The third kappa shape index (κ3) is 6.90. The van der Waals surface area contributed by atoms with E-state index in [1.807, 2.05) is 42.5 Å². The number of urea groups is 1. The summed E-state index contributed by atoms with van der Waals surface area (Å²) in [5.74, 6) is 0.847. The number of aryl methyl sites for hydroxylation is 1. The van der Waals surface area contributed by atoms with Crippen molar-refractivity contribution in [3.8, 4) is 0 Å². The predicted octanol–water partition coefficient (Wildman–Crippen LogP) is 4.29. The Bertz CT molecular complexity index is 1050. The first kappa shape index (κ1) is 23.5. The lowest BCUT2D eigenvalue weighted by Gasteiger charge is -2.34. The molecule has 0 bridgehead atoms. The van der Waals surface area contributed by atoms with Gasteiger partial charge in [-0.05, 0) is 41.8 Å². The molecule has 0 spiro atoms. The second-order valence-corrected chi connectivity index (χ2v) is 9.23. The molecule has 1 aliphatic heterocycles. The fourth-order valence-electron chi connectivity index (χ4n) is 3.76. The van der Waals surface area contributed by atoms with Gasteiger partial charge in [0.25, 0.3) is 0 Å². The first-order chi connectivity index (χ1) is 16.1. The number of carbonyl (C=O) groups is 1. The Balaban J connectivity index is 1.17. The number of hydrogen-bond donors (Lipinski definition) is 2. The van der Waals surface area contributed by atoms with E-state index < -0.39 is 0 Å². The van der Waals surface area contributed by atoms with Crippen LogP contribution in [0.15, 0.2) is 48.5 Å². The lowest BCUT2D eigenvalue weighted by atomic mass is 10.1. The van der Waals surface area contributed by atoms with Gasteiger partial charge in [0.15, 0.2) is 0 Å². The minimum absolute atomic E-state index is 0.163. The molecule has 174 valence electrons. The molecule has 1 saturated heterocycles. The summed E-state index contributed by atoms with van der Waals surface area (Å²) >= 11 is 7.42. The molecule has 9 heteroatoms. The van der Waals surface area contributed by atoms with E-state index in [-0.39, 0.29) is 6.03 Å². The van der Waals surface area contributed by atoms with Gasteiger partial charge in [0.1, 0.15) is 5.82 Å². The molecule has 0 saturated carbocycles. The van der Waals surface area contributed by atoms with Crippen LogP contribution in [-0.2, 0) is 12.8 Å². The molecule has 2 aromatic carbocycles. The molecule has 3 aromatic rings. The van der Waals surface area contributed by atoms with Crippen LogP contribution in [-0.4, -0.2) is 59.6 Å². The Labute approximate surface area is 203 Å². The SMILES string of the molecule is CCc1cccc(NC(=O)NCCN2CCN(c3nc(Cc4ccc(Cl)cc4)ns3)CC2)c1. The molecule has 0 atom stereocenters. The maximum atomic E-state index is 12.2. The second kappa shape index (κ2) is 11.4. The fourth-order valence-corrected chi connectivity index (χ4v) is 4.63. The monoisotopic (exact) mass is 484 g/mol. The lowest BCUT2D eigenvalue weighted by molar-refractivity contribution is 0.240. The molecule has 2 N–H and O–H groups in total. The summed E-state index contributed by atoms with van der Waals surface area (Å²) in [4.78, 5) is 21.6. The van der Waals surface area contributed by atoms with Crippen LogP contribution >= 0.6 is 23.1 Å². The van der Waals surface area contributed by atoms with Gasteiger partial charge in [0.2, 0.25) is 5.13 Å². The fraction of sp³-hybridized carbons (Fsp3) is 0.375. The van der Waals surface area contributed by atoms with Crippen molar-refractivity contribution in [1.29, 1.82) is 0 Å². The number of amides is 2. The zero-order valence-corrected chi connectivity index (χ0v) is 20.3. The third-order valence-corrected chi connectivity index (χ3v) is 6.75. The molecule has 4 rings (SSSR count). The van der Waals surface area contributed by atoms with E-state index in [9.17, 15) is 4.79 Å². The normalized spacial score (nSPS) is 14.3. The van der Waals surface area contributed by atoms with Crippen molar-refractivity contribution >= 4 is 40.0 Å². The summed E-state index contributed by atoms with van der Waals surface area (Å²) in [7, 11) is 0. The van der Waals surface area contributed by atoms with Crippen molar-refractivity contribution in [1.82, 2.24) is 19.6 Å². The number of piperazine rings is 1. The summed E-state index contributed by atoms with van der Waals surface area (Å²) in [6.45, 7) is 7.24. The van der Waals surface area contributed by atoms with E-state index >= 15 is 0 Å². The first-order valence-corrected chi connectivity index (χ1v) is 12.4. The Morgan fingerprint density at radius 1 is 1.09 bits per heavy atom. The number of aromatic nitrogens is 2. The van der Waals surface area contributed by atoms with Gasteiger partial charge < -0.3 is 15.5 Å². The topological polar surface area (TPSA) is 73.4 Å². The van der Waals surface area contributed by atoms with Crippen LogP contribution in [0.3, 0.4) is 0 Å². The van der Waals surface area contributed by atoms with Crippen molar-refractivity contribution in [3.63, 3.8) is 0 Å². The van der Waals surface area contributed by atoms with E-state index in [2.05, 4.69) is 37.8 Å². The van der Waals surface area contributed by atoms with Crippen LogP contribution in [0.25, 0.3) is 0 Å². The van der Waals surface area contributed by atoms with Gasteiger partial charge in [-0.2, -0.15) is 4.37 Å². The number of anilines is 2. The van der Waals surface area contributed by atoms with Crippen molar-refractivity contribution in [2.24, 2.45) is 0 Å². The summed E-state index contributed by atoms with van der Waals surface area (Å²) in [5, 5.41) is 7.58. The molecule has 2 heterocycles. The van der Waals surface area contributed by atoms with E-state index in [1.165, 1.54) is 17.1 Å². The quantitative estimate of drug-likeness (QED) is 0.499. The molecular formula is C24H29ClN6OS. The van der Waals surface area contributed by atoms with Gasteiger partial charge in [0.05, 0.1) is 0 Å². The third-order valence-electron chi connectivity index (χ3n) is 5.68. The van der Waals surface area contributed by atoms with E-state index in [0.29, 0.717) is 13.0 Å². The lowest BCUT2D eigenvalue weighted by Crippen LogP contribution is -2.48. The molecule has 0 aliphatic carbocycles. The summed E-state index contributed by atoms with van der Waals surface area (Å²) < 4.78 is 4.53. The van der Waals surface area contributed by atoms with Crippen molar-refractivity contribution in [2.45, 2.75) is 19.8 Å². The number of nitrogens with zero attached hydrogens (tertiary/aromatic N) is 4. The standard InChI is InChI=1S/C24H29ClN6OS/c1-2-18-4-3-5-21(16-18)27-23(32)26-10-11-30-12-14-31(15-13-30)24-28-22(29-33-24)17-19-6-8-20(25)9-7-19/h3-9,16H,2,10-15,17H2,1H3,(H2,26,27,32). The van der Waals surface area contributed by atoms with E-state index in [1.54, 1.807) is 0 Å². The highest BCUT2D eigenvalue weighted by molar-refractivity contribution is 7.09. The Morgan fingerprint density at radius 2 is 1.88 bits per heavy atom. The Kier molecular flexibility index (Phi) is 8.15. The zero-order chi connectivity index (χ0) is 23.0. The Hall–Kier alpha value is -2.68. The van der Waals surface area contributed by atoms with E-state index in [0.717, 1.165) is 66.4 Å². The van der Waals surface area contributed by atoms with E-state index in [4.69, 9.17) is 16.6 Å². The summed E-state index contributed by atoms with van der Waals surface area (Å²) in [5.41, 5.74) is 3.19. The molecule has 33 heavy (non-hydrogen) atoms. The summed E-state index contributed by atoms with van der Waals surface area (Å²) in [6, 6.07) is 15.6. The minimum atomic E-state index is -0.163. The van der Waals surface area contributed by atoms with Gasteiger partial charge in [-0.3, -0.25) is 4.90 Å². The molecule has 1 fully saturated rings. The van der Waals surface area contributed by atoms with Gasteiger partial charge in [-0.15, -0.1) is 0 Å². The average molecular weight is 485 g/mol. The van der Waals surface area contributed by atoms with Gasteiger partial charge >= 0.3 is 6.03 Å². The minimum Gasteiger partial charge on any atom is -0.344 e. The smallest absolute Gasteiger partial charge is 0.319 e. The second-order valence-electron chi connectivity index (χ2n) is 8.06. The summed E-state index contributed by atoms with van der Waals surface area (Å²) in [6.07, 6.45) is 1.66. The van der Waals surface area contributed by atoms with Crippen LogP contribution in [0.4, 0.5) is 15.6 Å². The Morgan fingerprint density at radius 3 is 2.64 bits per heavy atom. The molecule has 2 amide bonds. The highest BCUT2D eigenvalue weighted by Crippen LogP contribution is 2.21. The zero-order valence-electron chi connectivity index (χ0n) is 18.8. The molecule has 1 aliphatic rings. The number of benzene rings is 2. The van der Waals surface area contributed by atoms with Gasteiger partial charge in [-0.1, -0.05) is 42.8 Å².